The average molecular weight is 517 g/mol. The van der Waals surface area contributed by atoms with Crippen LogP contribution in [-0.2, 0) is 27.4 Å². The van der Waals surface area contributed by atoms with Crippen LogP contribution in [0.25, 0.3) is 11.1 Å². The number of nitrogens with zero attached hydrogens (tertiary/aromatic N) is 1. The monoisotopic (exact) mass is 516 g/mol. The summed E-state index contributed by atoms with van der Waals surface area (Å²) in [5.74, 6) is -0.0553. The highest BCUT2D eigenvalue weighted by Gasteiger charge is 2.34. The van der Waals surface area contributed by atoms with Crippen molar-refractivity contribution in [2.24, 2.45) is 0 Å². The molecule has 2 saturated heterocycles. The van der Waals surface area contributed by atoms with Gasteiger partial charge in [0.15, 0.2) is 6.29 Å². The number of nitrogens with one attached hydrogen (secondary N) is 1. The standard InChI is InChI=1S/C31H36N2O5/c1-21(35)32-17-26-4-2-3-5-29(26)23-10-12-25(13-11-23)31-37-28(19-33-15-14-27(36)18-33)16-30(38-31)24-8-6-22(20-34)7-9-24/h2-13,27-28,30-31,34,36H,14-20H2,1H3,(H,32,35). The third-order valence-electron chi connectivity index (χ3n) is 7.36. The molecule has 38 heavy (non-hydrogen) atoms. The zero-order chi connectivity index (χ0) is 26.5. The van der Waals surface area contributed by atoms with Crippen molar-refractivity contribution in [2.75, 3.05) is 19.6 Å². The highest BCUT2D eigenvalue weighted by atomic mass is 16.7. The third-order valence-corrected chi connectivity index (χ3v) is 7.36. The fraction of sp³-hybridized carbons (Fsp3) is 0.387. The van der Waals surface area contributed by atoms with Gasteiger partial charge in [-0.2, -0.15) is 0 Å². The maximum Gasteiger partial charge on any atom is 0.217 e. The SMILES string of the molecule is CC(=O)NCc1ccccc1-c1ccc(C2OC(CN3CCC(O)C3)CC(c3ccc(CO)cc3)O2)cc1. The number of aliphatic hydroxyl groups is 2. The predicted molar refractivity (Wildman–Crippen MR) is 145 cm³/mol. The van der Waals surface area contributed by atoms with Gasteiger partial charge in [-0.15, -0.1) is 0 Å². The minimum Gasteiger partial charge on any atom is -0.392 e. The van der Waals surface area contributed by atoms with E-state index in [1.165, 1.54) is 6.92 Å². The van der Waals surface area contributed by atoms with Gasteiger partial charge < -0.3 is 25.0 Å². The van der Waals surface area contributed by atoms with Gasteiger partial charge in [-0.1, -0.05) is 72.8 Å². The van der Waals surface area contributed by atoms with E-state index < -0.39 is 6.29 Å². The second-order valence-electron chi connectivity index (χ2n) is 10.2. The maximum atomic E-state index is 11.4. The van der Waals surface area contributed by atoms with Gasteiger partial charge in [0, 0.05) is 45.1 Å². The number of likely N-dealkylation sites (tertiary alicyclic amines) is 1. The Hall–Kier alpha value is -3.07. The van der Waals surface area contributed by atoms with Crippen molar-refractivity contribution in [1.29, 1.82) is 0 Å². The molecule has 3 N–H and O–H groups in total. The van der Waals surface area contributed by atoms with Crippen molar-refractivity contribution in [3.05, 3.63) is 95.1 Å². The summed E-state index contributed by atoms with van der Waals surface area (Å²) in [7, 11) is 0. The number of hydrogen-bond donors (Lipinski definition) is 3. The number of carbonyl (C=O) groups is 1. The molecule has 2 fully saturated rings. The summed E-state index contributed by atoms with van der Waals surface area (Å²) >= 11 is 0. The number of aliphatic hydroxyl groups excluding tert-OH is 2. The lowest BCUT2D eigenvalue weighted by Crippen LogP contribution is -2.38. The van der Waals surface area contributed by atoms with Crippen LogP contribution in [0.4, 0.5) is 0 Å². The van der Waals surface area contributed by atoms with Crippen LogP contribution in [0.2, 0.25) is 0 Å². The van der Waals surface area contributed by atoms with Gasteiger partial charge in [-0.05, 0) is 34.2 Å². The number of amides is 1. The molecule has 3 aromatic rings. The zero-order valence-corrected chi connectivity index (χ0v) is 21.8. The molecule has 2 heterocycles. The Kier molecular flexibility index (Phi) is 8.51. The largest absolute Gasteiger partial charge is 0.392 e. The molecule has 0 bridgehead atoms. The first kappa shape index (κ1) is 26.5. The van der Waals surface area contributed by atoms with Gasteiger partial charge in [-0.3, -0.25) is 9.69 Å². The van der Waals surface area contributed by atoms with Crippen LogP contribution in [0.5, 0.6) is 0 Å². The van der Waals surface area contributed by atoms with Crippen molar-refractivity contribution >= 4 is 5.91 Å². The fourth-order valence-corrected chi connectivity index (χ4v) is 5.29. The maximum absolute atomic E-state index is 11.4. The van der Waals surface area contributed by atoms with E-state index in [2.05, 4.69) is 28.4 Å². The Morgan fingerprint density at radius 1 is 1.00 bits per heavy atom. The summed E-state index contributed by atoms with van der Waals surface area (Å²) in [6.07, 6.45) is 0.539. The Balaban J connectivity index is 1.36. The normalized spacial score (nSPS) is 23.9. The lowest BCUT2D eigenvalue weighted by molar-refractivity contribution is -0.252. The molecule has 0 radical (unpaired) electrons. The van der Waals surface area contributed by atoms with Crippen molar-refractivity contribution in [1.82, 2.24) is 10.2 Å². The van der Waals surface area contributed by atoms with Gasteiger partial charge in [0.05, 0.1) is 24.9 Å². The molecule has 0 aromatic heterocycles. The lowest BCUT2D eigenvalue weighted by Gasteiger charge is -2.38. The molecule has 7 heteroatoms. The molecule has 0 saturated carbocycles. The van der Waals surface area contributed by atoms with Crippen molar-refractivity contribution in [3.63, 3.8) is 0 Å². The van der Waals surface area contributed by atoms with E-state index in [1.807, 2.05) is 54.6 Å². The number of carbonyl (C=O) groups excluding carboxylic acids is 1. The molecule has 0 aliphatic carbocycles. The van der Waals surface area contributed by atoms with Crippen molar-refractivity contribution in [3.8, 4) is 11.1 Å². The number of rotatable bonds is 8. The third kappa shape index (κ3) is 6.49. The van der Waals surface area contributed by atoms with Gasteiger partial charge in [0.2, 0.25) is 5.91 Å². The Bertz CT molecular complexity index is 1210. The fourth-order valence-electron chi connectivity index (χ4n) is 5.29. The summed E-state index contributed by atoms with van der Waals surface area (Å²) in [6.45, 7) is 4.30. The van der Waals surface area contributed by atoms with Crippen LogP contribution >= 0.6 is 0 Å². The molecule has 2 aliphatic heterocycles. The molecule has 0 spiro atoms. The molecule has 1 amide bonds. The highest BCUT2D eigenvalue weighted by Crippen LogP contribution is 2.39. The summed E-state index contributed by atoms with van der Waals surface area (Å²) < 4.78 is 12.9. The summed E-state index contributed by atoms with van der Waals surface area (Å²) in [6, 6.07) is 24.2. The van der Waals surface area contributed by atoms with Crippen molar-refractivity contribution < 1.29 is 24.5 Å². The number of ether oxygens (including phenoxy) is 2. The first-order valence-electron chi connectivity index (χ1n) is 13.3. The molecular weight excluding hydrogens is 480 g/mol. The number of benzene rings is 3. The molecule has 2 aliphatic rings. The topological polar surface area (TPSA) is 91.3 Å². The van der Waals surface area contributed by atoms with Gasteiger partial charge >= 0.3 is 0 Å². The van der Waals surface area contributed by atoms with Crippen molar-refractivity contribution in [2.45, 2.75) is 57.5 Å². The Labute approximate surface area is 224 Å². The second kappa shape index (κ2) is 12.2. The zero-order valence-electron chi connectivity index (χ0n) is 21.8. The molecule has 200 valence electrons. The van der Waals surface area contributed by atoms with E-state index in [-0.39, 0.29) is 30.8 Å². The molecule has 4 atom stereocenters. The minimum absolute atomic E-state index is 0.0116. The number of hydrogen-bond acceptors (Lipinski definition) is 6. The van der Waals surface area contributed by atoms with Crippen LogP contribution in [0.3, 0.4) is 0 Å². The van der Waals surface area contributed by atoms with Crippen LogP contribution < -0.4 is 5.32 Å². The van der Waals surface area contributed by atoms with Gasteiger partial charge in [0.1, 0.15) is 0 Å². The molecule has 3 aromatic carbocycles. The van der Waals surface area contributed by atoms with E-state index in [4.69, 9.17) is 9.47 Å². The van der Waals surface area contributed by atoms with E-state index in [9.17, 15) is 15.0 Å². The van der Waals surface area contributed by atoms with Crippen LogP contribution in [0.1, 0.15) is 54.4 Å². The molecule has 7 nitrogen and oxygen atoms in total. The van der Waals surface area contributed by atoms with E-state index in [0.29, 0.717) is 13.1 Å². The first-order chi connectivity index (χ1) is 18.5. The lowest BCUT2D eigenvalue weighted by atomic mass is 9.97. The van der Waals surface area contributed by atoms with E-state index in [0.717, 1.165) is 59.3 Å². The Morgan fingerprint density at radius 3 is 2.42 bits per heavy atom. The van der Waals surface area contributed by atoms with Gasteiger partial charge in [0.25, 0.3) is 0 Å². The smallest absolute Gasteiger partial charge is 0.217 e. The van der Waals surface area contributed by atoms with Gasteiger partial charge in [-0.25, -0.2) is 0 Å². The van der Waals surface area contributed by atoms with Crippen LogP contribution in [-0.4, -0.2) is 52.9 Å². The second-order valence-corrected chi connectivity index (χ2v) is 10.2. The summed E-state index contributed by atoms with van der Waals surface area (Å²) in [5, 5.41) is 22.3. The summed E-state index contributed by atoms with van der Waals surface area (Å²) in [4.78, 5) is 13.7. The van der Waals surface area contributed by atoms with E-state index in [1.54, 1.807) is 0 Å². The molecule has 4 unspecified atom stereocenters. The van der Waals surface area contributed by atoms with Crippen LogP contribution in [0.15, 0.2) is 72.8 Å². The highest BCUT2D eigenvalue weighted by molar-refractivity contribution is 5.74. The Morgan fingerprint density at radius 2 is 1.74 bits per heavy atom. The first-order valence-corrected chi connectivity index (χ1v) is 13.3. The average Bonchev–Trinajstić information content (AvgIpc) is 3.36. The van der Waals surface area contributed by atoms with Crippen LogP contribution in [0, 0.1) is 0 Å². The quantitative estimate of drug-likeness (QED) is 0.418. The van der Waals surface area contributed by atoms with E-state index >= 15 is 0 Å². The molecule has 5 rings (SSSR count). The predicted octanol–water partition coefficient (Wildman–Crippen LogP) is 4.09. The summed E-state index contributed by atoms with van der Waals surface area (Å²) in [5.41, 5.74) is 6.06. The molecular formula is C31H36N2O5. The number of β-amino-alcohol motifs (C(OH)–C–C–N with tert-alkyl or cyclic N) is 1. The minimum atomic E-state index is -0.521.